The zero-order valence-corrected chi connectivity index (χ0v) is 20.7. The van der Waals surface area contributed by atoms with Gasteiger partial charge >= 0.3 is 15.6 Å². The minimum atomic E-state index is -5.89. The summed E-state index contributed by atoms with van der Waals surface area (Å²) in [5.41, 5.74) is -3.81. The maximum Gasteiger partial charge on any atom is 0.534 e. The monoisotopic (exact) mass is 549 g/mol. The molecule has 0 N–H and O–H groups in total. The summed E-state index contributed by atoms with van der Waals surface area (Å²) in [4.78, 5) is 4.26. The normalized spacial score (nSPS) is 12.9. The molecule has 0 unspecified atom stereocenters. The molecule has 0 spiro atoms. The van der Waals surface area contributed by atoms with Crippen molar-refractivity contribution in [1.29, 1.82) is 0 Å². The van der Waals surface area contributed by atoms with Crippen LogP contribution in [0.1, 0.15) is 5.56 Å². The third-order valence-electron chi connectivity index (χ3n) is 5.72. The van der Waals surface area contributed by atoms with Gasteiger partial charge in [0.05, 0.1) is 11.4 Å². The van der Waals surface area contributed by atoms with Crippen LogP contribution in [0.2, 0.25) is 0 Å². The largest absolute Gasteiger partial charge is 0.534 e. The van der Waals surface area contributed by atoms with Crippen LogP contribution in [0.5, 0.6) is 5.75 Å². The molecule has 8 nitrogen and oxygen atoms in total. The quantitative estimate of drug-likeness (QED) is 0.223. The average Bonchev–Trinajstić information content (AvgIpc) is 3.36. The number of alkyl halides is 3. The van der Waals surface area contributed by atoms with Gasteiger partial charge in [0, 0.05) is 41.3 Å². The summed E-state index contributed by atoms with van der Waals surface area (Å²) in [5.74, 6) is -0.894. The number of nitrogens with zero attached hydrogens (tertiary/aromatic N) is 3. The molecule has 0 aliphatic heterocycles. The van der Waals surface area contributed by atoms with E-state index < -0.39 is 31.4 Å². The number of rotatable bonds is 6. The van der Waals surface area contributed by atoms with E-state index in [4.69, 9.17) is 0 Å². The number of aryl methyl sites for hydroxylation is 1. The summed E-state index contributed by atoms with van der Waals surface area (Å²) in [6.07, 6.45) is 3.06. The van der Waals surface area contributed by atoms with Gasteiger partial charge < -0.3 is 8.75 Å². The summed E-state index contributed by atoms with van der Waals surface area (Å²) >= 11 is 0. The SMILES string of the molecule is Cn1cc(-c2cc3cccnc3n2S(=O)(=O)Cc2ccccc2)c2cc(OS(=O)(=O)C(F)(F)F)ccc21. The molecular formula is C24H18F3N3O5S2. The molecular weight excluding hydrogens is 531 g/mol. The molecule has 0 saturated heterocycles. The molecule has 0 saturated carbocycles. The van der Waals surface area contributed by atoms with Crippen LogP contribution in [0.15, 0.2) is 79.1 Å². The average molecular weight is 550 g/mol. The lowest BCUT2D eigenvalue weighted by Gasteiger charge is -2.12. The molecule has 0 aliphatic carbocycles. The topological polar surface area (TPSA) is 100 Å². The van der Waals surface area contributed by atoms with Gasteiger partial charge in [-0.25, -0.2) is 17.4 Å². The first-order valence-corrected chi connectivity index (χ1v) is 13.7. The van der Waals surface area contributed by atoms with Gasteiger partial charge in [-0.15, -0.1) is 0 Å². The molecule has 5 aromatic rings. The Kier molecular flexibility index (Phi) is 5.79. The first-order chi connectivity index (χ1) is 17.4. The molecule has 0 amide bonds. The lowest BCUT2D eigenvalue weighted by atomic mass is 10.1. The predicted octanol–water partition coefficient (Wildman–Crippen LogP) is 4.80. The van der Waals surface area contributed by atoms with Crippen LogP contribution in [0, 0.1) is 0 Å². The van der Waals surface area contributed by atoms with Crippen LogP contribution in [0.3, 0.4) is 0 Å². The molecule has 0 bridgehead atoms. The van der Waals surface area contributed by atoms with Gasteiger partial charge in [0.1, 0.15) is 5.75 Å². The van der Waals surface area contributed by atoms with Gasteiger partial charge in [-0.3, -0.25) is 0 Å². The van der Waals surface area contributed by atoms with Gasteiger partial charge in [-0.1, -0.05) is 30.3 Å². The first kappa shape index (κ1) is 24.8. The van der Waals surface area contributed by atoms with E-state index in [1.54, 1.807) is 66.3 Å². The standard InChI is InChI=1S/C24H18F3N3O5S2/c1-29-14-20(19-13-18(9-10-21(19)29)35-37(33,34)24(25,26)27)22-12-17-8-5-11-28-23(17)30(22)36(31,32)15-16-6-3-2-4-7-16/h2-14H,15H2,1H3. The van der Waals surface area contributed by atoms with Gasteiger partial charge in [0.2, 0.25) is 10.0 Å². The van der Waals surface area contributed by atoms with Crippen molar-refractivity contribution in [3.8, 4) is 17.0 Å². The number of benzene rings is 2. The highest BCUT2D eigenvalue weighted by Crippen LogP contribution is 2.37. The van der Waals surface area contributed by atoms with E-state index in [9.17, 15) is 30.0 Å². The second-order valence-corrected chi connectivity index (χ2v) is 11.6. The van der Waals surface area contributed by atoms with Gasteiger partial charge in [0.25, 0.3) is 0 Å². The number of aromatic nitrogens is 3. The zero-order chi connectivity index (χ0) is 26.6. The fraction of sp³-hybridized carbons (Fsp3) is 0.125. The Hall–Kier alpha value is -3.84. The maximum absolute atomic E-state index is 13.7. The first-order valence-electron chi connectivity index (χ1n) is 10.7. The van der Waals surface area contributed by atoms with Crippen molar-refractivity contribution < 1.29 is 34.2 Å². The molecule has 2 aromatic carbocycles. The van der Waals surface area contributed by atoms with E-state index in [1.165, 1.54) is 12.3 Å². The van der Waals surface area contributed by atoms with Crippen LogP contribution >= 0.6 is 0 Å². The Morgan fingerprint density at radius 3 is 2.38 bits per heavy atom. The highest BCUT2D eigenvalue weighted by atomic mass is 32.2. The molecule has 0 atom stereocenters. The Labute approximate surface area is 209 Å². The van der Waals surface area contributed by atoms with Crippen LogP contribution in [-0.4, -0.2) is 35.9 Å². The molecule has 0 aliphatic rings. The molecule has 3 heterocycles. The molecule has 37 heavy (non-hydrogen) atoms. The smallest absolute Gasteiger partial charge is 0.376 e. The van der Waals surface area contributed by atoms with Crippen LogP contribution in [-0.2, 0) is 32.9 Å². The van der Waals surface area contributed by atoms with Crippen LogP contribution < -0.4 is 4.18 Å². The van der Waals surface area contributed by atoms with Gasteiger partial charge in [-0.05, 0) is 42.0 Å². The van der Waals surface area contributed by atoms with Crippen molar-refractivity contribution in [2.24, 2.45) is 7.05 Å². The predicted molar refractivity (Wildman–Crippen MR) is 132 cm³/mol. The lowest BCUT2D eigenvalue weighted by molar-refractivity contribution is -0.0500. The second-order valence-electron chi connectivity index (χ2n) is 8.27. The van der Waals surface area contributed by atoms with Crippen LogP contribution in [0.25, 0.3) is 33.2 Å². The summed E-state index contributed by atoms with van der Waals surface area (Å²) in [6, 6.07) is 17.1. The summed E-state index contributed by atoms with van der Waals surface area (Å²) in [6.45, 7) is 0. The van der Waals surface area contributed by atoms with E-state index in [-0.39, 0.29) is 22.5 Å². The Morgan fingerprint density at radius 2 is 1.68 bits per heavy atom. The Bertz CT molecular complexity index is 1860. The molecule has 13 heteroatoms. The van der Waals surface area contributed by atoms with Gasteiger partial charge in [-0.2, -0.15) is 21.6 Å². The third kappa shape index (κ3) is 4.44. The molecule has 3 aromatic heterocycles. The number of hydrogen-bond donors (Lipinski definition) is 0. The summed E-state index contributed by atoms with van der Waals surface area (Å²) in [5, 5.41) is 0.814. The summed E-state index contributed by atoms with van der Waals surface area (Å²) < 4.78 is 96.1. The minimum absolute atomic E-state index is 0.178. The van der Waals surface area contributed by atoms with Crippen molar-refractivity contribution >= 4 is 42.1 Å². The third-order valence-corrected chi connectivity index (χ3v) is 8.32. The highest BCUT2D eigenvalue weighted by Gasteiger charge is 2.48. The Morgan fingerprint density at radius 1 is 0.946 bits per heavy atom. The van der Waals surface area contributed by atoms with Crippen molar-refractivity contribution in [1.82, 2.24) is 13.5 Å². The lowest BCUT2D eigenvalue weighted by Crippen LogP contribution is -2.28. The van der Waals surface area contributed by atoms with Crippen molar-refractivity contribution in [2.45, 2.75) is 11.3 Å². The number of hydrogen-bond acceptors (Lipinski definition) is 6. The fourth-order valence-corrected chi connectivity index (χ4v) is 6.19. The zero-order valence-electron chi connectivity index (χ0n) is 19.0. The molecule has 0 fully saturated rings. The van der Waals surface area contributed by atoms with Crippen molar-refractivity contribution in [3.05, 3.63) is 84.7 Å². The molecule has 192 valence electrons. The van der Waals surface area contributed by atoms with E-state index >= 15 is 0 Å². The van der Waals surface area contributed by atoms with E-state index in [0.29, 0.717) is 22.0 Å². The molecule has 5 rings (SSSR count). The number of halogens is 3. The fourth-order valence-electron chi connectivity index (χ4n) is 4.13. The highest BCUT2D eigenvalue weighted by molar-refractivity contribution is 7.89. The molecule has 0 radical (unpaired) electrons. The Balaban J connectivity index is 1.72. The van der Waals surface area contributed by atoms with Crippen molar-refractivity contribution in [2.75, 3.05) is 0 Å². The van der Waals surface area contributed by atoms with E-state index in [1.807, 2.05) is 0 Å². The van der Waals surface area contributed by atoms with E-state index in [0.717, 1.165) is 16.1 Å². The van der Waals surface area contributed by atoms with E-state index in [2.05, 4.69) is 9.17 Å². The maximum atomic E-state index is 13.7. The van der Waals surface area contributed by atoms with Gasteiger partial charge in [0.15, 0.2) is 5.65 Å². The number of pyridine rings is 1. The second kappa shape index (κ2) is 8.63. The minimum Gasteiger partial charge on any atom is -0.376 e. The summed E-state index contributed by atoms with van der Waals surface area (Å²) in [7, 11) is -8.25. The van der Waals surface area contributed by atoms with Crippen LogP contribution in [0.4, 0.5) is 13.2 Å². The van der Waals surface area contributed by atoms with Crippen molar-refractivity contribution in [3.63, 3.8) is 0 Å². The number of fused-ring (bicyclic) bond motifs is 2.